The molecule has 0 N–H and O–H groups in total. The van der Waals surface area contributed by atoms with E-state index in [0.29, 0.717) is 13.2 Å². The highest BCUT2D eigenvalue weighted by atomic mass is 35.7. The van der Waals surface area contributed by atoms with Gasteiger partial charge in [-0.05, 0) is 31.1 Å². The first-order valence-corrected chi connectivity index (χ1v) is 7.43. The molecule has 1 unspecified atom stereocenters. The van der Waals surface area contributed by atoms with E-state index in [1.54, 1.807) is 0 Å². The molecule has 2 aliphatic rings. The van der Waals surface area contributed by atoms with Crippen molar-refractivity contribution < 1.29 is 13.2 Å². The molecule has 2 fully saturated rings. The van der Waals surface area contributed by atoms with Crippen molar-refractivity contribution in [2.75, 3.05) is 13.2 Å². The Morgan fingerprint density at radius 3 is 2.43 bits per heavy atom. The van der Waals surface area contributed by atoms with Crippen LogP contribution in [0.15, 0.2) is 0 Å². The van der Waals surface area contributed by atoms with E-state index in [2.05, 4.69) is 0 Å². The van der Waals surface area contributed by atoms with Gasteiger partial charge in [0, 0.05) is 23.9 Å². The summed E-state index contributed by atoms with van der Waals surface area (Å²) in [5.41, 5.74) is -0.0706. The maximum absolute atomic E-state index is 11.4. The summed E-state index contributed by atoms with van der Waals surface area (Å²) in [7, 11) is 2.10. The van der Waals surface area contributed by atoms with E-state index in [1.807, 2.05) is 0 Å². The molecule has 0 radical (unpaired) electrons. The minimum absolute atomic E-state index is 0.0706. The van der Waals surface area contributed by atoms with Crippen LogP contribution in [-0.2, 0) is 13.8 Å². The van der Waals surface area contributed by atoms with E-state index >= 15 is 0 Å². The standard InChI is InChI=1S/C9H15ClO3S/c10-14(11,12)8-2-1-3-9(8)4-6-13-7-5-9/h8H,1-7H2. The van der Waals surface area contributed by atoms with E-state index in [-0.39, 0.29) is 10.7 Å². The van der Waals surface area contributed by atoms with Gasteiger partial charge in [-0.1, -0.05) is 6.42 Å². The maximum atomic E-state index is 11.4. The predicted octanol–water partition coefficient (Wildman–Crippen LogP) is 1.90. The normalized spacial score (nSPS) is 32.2. The summed E-state index contributed by atoms with van der Waals surface area (Å²) in [6.45, 7) is 1.37. The van der Waals surface area contributed by atoms with Gasteiger partial charge in [0.15, 0.2) is 0 Å². The molecular weight excluding hydrogens is 224 g/mol. The second-order valence-electron chi connectivity index (χ2n) is 4.33. The average Bonchev–Trinajstić information content (AvgIpc) is 2.49. The smallest absolute Gasteiger partial charge is 0.236 e. The van der Waals surface area contributed by atoms with E-state index in [4.69, 9.17) is 15.4 Å². The van der Waals surface area contributed by atoms with Crippen molar-refractivity contribution >= 4 is 19.7 Å². The third-order valence-corrected chi connectivity index (χ3v) is 5.71. The number of hydrogen-bond acceptors (Lipinski definition) is 3. The molecule has 1 saturated carbocycles. The summed E-state index contributed by atoms with van der Waals surface area (Å²) in [5.74, 6) is 0. The molecule has 0 aromatic heterocycles. The molecule has 14 heavy (non-hydrogen) atoms. The maximum Gasteiger partial charge on any atom is 0.236 e. The van der Waals surface area contributed by atoms with E-state index < -0.39 is 9.05 Å². The van der Waals surface area contributed by atoms with Crippen molar-refractivity contribution in [3.05, 3.63) is 0 Å². The van der Waals surface area contributed by atoms with E-state index in [0.717, 1.165) is 32.1 Å². The molecule has 0 amide bonds. The lowest BCUT2D eigenvalue weighted by Crippen LogP contribution is -2.39. The van der Waals surface area contributed by atoms with Crippen LogP contribution in [0.25, 0.3) is 0 Å². The number of halogens is 1. The minimum atomic E-state index is -3.39. The van der Waals surface area contributed by atoms with Gasteiger partial charge in [0.2, 0.25) is 9.05 Å². The molecule has 1 atom stereocenters. The first-order valence-electron chi connectivity index (χ1n) is 5.06. The van der Waals surface area contributed by atoms with Crippen molar-refractivity contribution in [3.8, 4) is 0 Å². The van der Waals surface area contributed by atoms with Crippen LogP contribution in [0.4, 0.5) is 0 Å². The molecular formula is C9H15ClO3S. The first-order chi connectivity index (χ1) is 6.55. The van der Waals surface area contributed by atoms with Crippen LogP contribution in [0.5, 0.6) is 0 Å². The molecule has 5 heteroatoms. The highest BCUT2D eigenvalue weighted by Gasteiger charge is 2.49. The van der Waals surface area contributed by atoms with Crippen molar-refractivity contribution in [2.45, 2.75) is 37.4 Å². The van der Waals surface area contributed by atoms with Gasteiger partial charge in [-0.25, -0.2) is 8.42 Å². The molecule has 82 valence electrons. The van der Waals surface area contributed by atoms with Gasteiger partial charge in [0.05, 0.1) is 5.25 Å². The second kappa shape index (κ2) is 3.65. The summed E-state index contributed by atoms with van der Waals surface area (Å²) < 4.78 is 28.1. The molecule has 1 saturated heterocycles. The molecule has 1 aliphatic carbocycles. The lowest BCUT2D eigenvalue weighted by Gasteiger charge is -2.37. The molecule has 1 heterocycles. The van der Waals surface area contributed by atoms with Crippen LogP contribution in [-0.4, -0.2) is 26.9 Å². The second-order valence-corrected chi connectivity index (χ2v) is 7.14. The van der Waals surface area contributed by atoms with Crippen LogP contribution in [0.3, 0.4) is 0 Å². The first kappa shape index (κ1) is 10.7. The fourth-order valence-corrected chi connectivity index (χ4v) is 5.13. The highest BCUT2D eigenvalue weighted by Crippen LogP contribution is 2.49. The topological polar surface area (TPSA) is 43.4 Å². The molecule has 3 nitrogen and oxygen atoms in total. The SMILES string of the molecule is O=S(=O)(Cl)C1CCCC12CCOCC2. The third-order valence-electron chi connectivity index (χ3n) is 3.65. The number of ether oxygens (including phenoxy) is 1. The van der Waals surface area contributed by atoms with Crippen LogP contribution in [0, 0.1) is 5.41 Å². The largest absolute Gasteiger partial charge is 0.381 e. The Morgan fingerprint density at radius 1 is 1.21 bits per heavy atom. The third kappa shape index (κ3) is 1.79. The quantitative estimate of drug-likeness (QED) is 0.656. The number of rotatable bonds is 1. The van der Waals surface area contributed by atoms with Gasteiger partial charge in [-0.2, -0.15) is 0 Å². The Kier molecular flexibility index (Phi) is 2.79. The van der Waals surface area contributed by atoms with Crippen molar-refractivity contribution in [3.63, 3.8) is 0 Å². The van der Waals surface area contributed by atoms with Gasteiger partial charge in [-0.15, -0.1) is 0 Å². The number of hydrogen-bond donors (Lipinski definition) is 0. The Hall–Kier alpha value is 0.200. The monoisotopic (exact) mass is 238 g/mol. The van der Waals surface area contributed by atoms with Crippen molar-refractivity contribution in [1.82, 2.24) is 0 Å². The Labute approximate surface area is 89.2 Å². The Bertz CT molecular complexity index is 306. The molecule has 2 rings (SSSR count). The summed E-state index contributed by atoms with van der Waals surface area (Å²) in [5, 5.41) is -0.333. The van der Waals surface area contributed by atoms with Crippen LogP contribution in [0.1, 0.15) is 32.1 Å². The van der Waals surface area contributed by atoms with Crippen molar-refractivity contribution in [1.29, 1.82) is 0 Å². The Balaban J connectivity index is 2.24. The van der Waals surface area contributed by atoms with Crippen LogP contribution in [0.2, 0.25) is 0 Å². The van der Waals surface area contributed by atoms with E-state index in [9.17, 15) is 8.42 Å². The summed E-state index contributed by atoms with van der Waals surface area (Å²) in [6.07, 6.45) is 4.41. The zero-order valence-corrected chi connectivity index (χ0v) is 9.61. The summed E-state index contributed by atoms with van der Waals surface area (Å²) in [4.78, 5) is 0. The molecule has 1 spiro atoms. The van der Waals surface area contributed by atoms with Gasteiger partial charge < -0.3 is 4.74 Å². The van der Waals surface area contributed by atoms with Crippen LogP contribution < -0.4 is 0 Å². The molecule has 0 aromatic rings. The average molecular weight is 239 g/mol. The Morgan fingerprint density at radius 2 is 1.86 bits per heavy atom. The van der Waals surface area contributed by atoms with Gasteiger partial charge in [-0.3, -0.25) is 0 Å². The van der Waals surface area contributed by atoms with Crippen molar-refractivity contribution in [2.24, 2.45) is 5.41 Å². The lowest BCUT2D eigenvalue weighted by atomic mass is 9.78. The summed E-state index contributed by atoms with van der Waals surface area (Å²) in [6, 6.07) is 0. The zero-order valence-electron chi connectivity index (χ0n) is 8.04. The van der Waals surface area contributed by atoms with Gasteiger partial charge >= 0.3 is 0 Å². The molecule has 0 aromatic carbocycles. The van der Waals surface area contributed by atoms with Gasteiger partial charge in [0.25, 0.3) is 0 Å². The fourth-order valence-electron chi connectivity index (χ4n) is 2.90. The highest BCUT2D eigenvalue weighted by molar-refractivity contribution is 8.14. The summed E-state index contributed by atoms with van der Waals surface area (Å²) >= 11 is 0. The molecule has 1 aliphatic heterocycles. The zero-order chi connectivity index (χ0) is 10.2. The minimum Gasteiger partial charge on any atom is -0.381 e. The van der Waals surface area contributed by atoms with Crippen LogP contribution >= 0.6 is 10.7 Å². The molecule has 0 bridgehead atoms. The fraction of sp³-hybridized carbons (Fsp3) is 1.00. The van der Waals surface area contributed by atoms with Gasteiger partial charge in [0.1, 0.15) is 0 Å². The predicted molar refractivity (Wildman–Crippen MR) is 54.9 cm³/mol. The van der Waals surface area contributed by atoms with E-state index in [1.165, 1.54) is 0 Å². The lowest BCUT2D eigenvalue weighted by molar-refractivity contribution is 0.0199.